The van der Waals surface area contributed by atoms with Gasteiger partial charge in [-0.25, -0.2) is 9.18 Å². The molecule has 0 heterocycles. The zero-order valence-electron chi connectivity index (χ0n) is 9.84. The summed E-state index contributed by atoms with van der Waals surface area (Å²) in [6.45, 7) is -0.487. The second kappa shape index (κ2) is 5.39. The topological polar surface area (TPSA) is 66.8 Å². The summed E-state index contributed by atoms with van der Waals surface area (Å²) in [5.41, 5.74) is 0.878. The third kappa shape index (κ3) is 3.01. The molecule has 2 rings (SSSR count). The Morgan fingerprint density at radius 2 is 1.89 bits per heavy atom. The minimum Gasteiger partial charge on any atom is -0.507 e. The van der Waals surface area contributed by atoms with Crippen LogP contribution >= 0.6 is 0 Å². The number of aromatic hydroxyl groups is 1. The normalized spacial score (nSPS) is 10.2. The highest BCUT2D eigenvalue weighted by molar-refractivity contribution is 5.76. The molecule has 2 aromatic carbocycles. The number of phenols is 1. The first-order valence-electron chi connectivity index (χ1n) is 5.50. The van der Waals surface area contributed by atoms with Gasteiger partial charge in [0.1, 0.15) is 17.3 Å². The number of carboxylic acid groups (broad SMARTS) is 1. The van der Waals surface area contributed by atoms with Crippen LogP contribution in [-0.4, -0.2) is 22.8 Å². The van der Waals surface area contributed by atoms with Gasteiger partial charge in [-0.15, -0.1) is 0 Å². The highest BCUT2D eigenvalue weighted by Gasteiger charge is 2.11. The number of hydrogen-bond donors (Lipinski definition) is 2. The van der Waals surface area contributed by atoms with Gasteiger partial charge in [0, 0.05) is 17.2 Å². The third-order valence-electron chi connectivity index (χ3n) is 2.49. The van der Waals surface area contributed by atoms with E-state index in [4.69, 9.17) is 9.84 Å². The molecule has 0 amide bonds. The Balaban J connectivity index is 2.41. The molecule has 0 atom stereocenters. The molecule has 2 N–H and O–H groups in total. The molecule has 0 saturated carbocycles. The number of aliphatic carboxylic acids is 1. The number of phenolic OH excluding ortho intramolecular Hbond substituents is 1. The summed E-state index contributed by atoms with van der Waals surface area (Å²) in [5, 5.41) is 18.3. The lowest BCUT2D eigenvalue weighted by Crippen LogP contribution is -2.09. The van der Waals surface area contributed by atoms with E-state index in [1.165, 1.54) is 12.1 Å². The molecule has 4 nitrogen and oxygen atoms in total. The van der Waals surface area contributed by atoms with E-state index >= 15 is 0 Å². The summed E-state index contributed by atoms with van der Waals surface area (Å²) in [6, 6.07) is 10.2. The predicted molar refractivity (Wildman–Crippen MR) is 66.6 cm³/mol. The van der Waals surface area contributed by atoms with Gasteiger partial charge in [0.25, 0.3) is 0 Å². The SMILES string of the molecule is O=C(O)COc1ccccc1-c1ccc(F)cc1O. The second-order valence-electron chi connectivity index (χ2n) is 3.84. The minimum atomic E-state index is -1.10. The van der Waals surface area contributed by atoms with Crippen molar-refractivity contribution in [2.24, 2.45) is 0 Å². The molecular formula is C14H11FO4. The molecule has 0 radical (unpaired) electrons. The van der Waals surface area contributed by atoms with Crippen LogP contribution in [0.4, 0.5) is 4.39 Å². The van der Waals surface area contributed by atoms with Gasteiger partial charge >= 0.3 is 5.97 Å². The second-order valence-corrected chi connectivity index (χ2v) is 3.84. The molecule has 0 fully saturated rings. The summed E-state index contributed by atoms with van der Waals surface area (Å²) in [4.78, 5) is 10.5. The Hall–Kier alpha value is -2.56. The molecule has 0 aliphatic rings. The van der Waals surface area contributed by atoms with Crippen molar-refractivity contribution in [2.45, 2.75) is 0 Å². The van der Waals surface area contributed by atoms with Crippen molar-refractivity contribution in [3.8, 4) is 22.6 Å². The number of carboxylic acids is 1. The lowest BCUT2D eigenvalue weighted by molar-refractivity contribution is -0.139. The largest absolute Gasteiger partial charge is 0.507 e. The number of halogens is 1. The maximum Gasteiger partial charge on any atom is 0.341 e. The summed E-state index contributed by atoms with van der Waals surface area (Å²) in [7, 11) is 0. The van der Waals surface area contributed by atoms with Crippen molar-refractivity contribution >= 4 is 5.97 Å². The van der Waals surface area contributed by atoms with Gasteiger partial charge in [0.2, 0.25) is 0 Å². The number of para-hydroxylation sites is 1. The Morgan fingerprint density at radius 3 is 2.58 bits per heavy atom. The summed E-state index contributed by atoms with van der Waals surface area (Å²) in [6.07, 6.45) is 0. The Morgan fingerprint density at radius 1 is 1.16 bits per heavy atom. The van der Waals surface area contributed by atoms with Gasteiger partial charge in [0.05, 0.1) is 0 Å². The number of benzene rings is 2. The summed E-state index contributed by atoms with van der Waals surface area (Å²) >= 11 is 0. The van der Waals surface area contributed by atoms with E-state index in [2.05, 4.69) is 0 Å². The van der Waals surface area contributed by atoms with Crippen LogP contribution in [0.3, 0.4) is 0 Å². The van der Waals surface area contributed by atoms with E-state index in [-0.39, 0.29) is 5.75 Å². The van der Waals surface area contributed by atoms with Crippen LogP contribution in [0.25, 0.3) is 11.1 Å². The van der Waals surface area contributed by atoms with Crippen LogP contribution in [-0.2, 0) is 4.79 Å². The first kappa shape index (κ1) is 12.9. The quantitative estimate of drug-likeness (QED) is 0.889. The lowest BCUT2D eigenvalue weighted by Gasteiger charge is -2.11. The number of rotatable bonds is 4. The van der Waals surface area contributed by atoms with Crippen molar-refractivity contribution in [2.75, 3.05) is 6.61 Å². The molecule has 0 aromatic heterocycles. The molecule has 0 spiro atoms. The fraction of sp³-hybridized carbons (Fsp3) is 0.0714. The molecule has 0 aliphatic carbocycles. The molecule has 0 unspecified atom stereocenters. The smallest absolute Gasteiger partial charge is 0.341 e. The Bertz CT molecular complexity index is 610. The molecule has 5 heteroatoms. The number of ether oxygens (including phenoxy) is 1. The molecule has 98 valence electrons. The Kier molecular flexibility index (Phi) is 3.66. The van der Waals surface area contributed by atoms with Crippen LogP contribution in [0.2, 0.25) is 0 Å². The van der Waals surface area contributed by atoms with Crippen LogP contribution in [0.5, 0.6) is 11.5 Å². The van der Waals surface area contributed by atoms with Crippen molar-refractivity contribution in [1.29, 1.82) is 0 Å². The maximum atomic E-state index is 12.9. The third-order valence-corrected chi connectivity index (χ3v) is 2.49. The van der Waals surface area contributed by atoms with Crippen LogP contribution in [0.1, 0.15) is 0 Å². The molecule has 0 aliphatic heterocycles. The van der Waals surface area contributed by atoms with Crippen molar-refractivity contribution in [1.82, 2.24) is 0 Å². The first-order chi connectivity index (χ1) is 9.08. The van der Waals surface area contributed by atoms with Crippen LogP contribution in [0, 0.1) is 5.82 Å². The van der Waals surface area contributed by atoms with Crippen LogP contribution < -0.4 is 4.74 Å². The fourth-order valence-corrected chi connectivity index (χ4v) is 1.69. The molecule has 2 aromatic rings. The average Bonchev–Trinajstić information content (AvgIpc) is 2.37. The van der Waals surface area contributed by atoms with E-state index in [1.807, 2.05) is 0 Å². The van der Waals surface area contributed by atoms with Gasteiger partial charge in [-0.1, -0.05) is 18.2 Å². The molecule has 0 saturated heterocycles. The zero-order valence-corrected chi connectivity index (χ0v) is 9.84. The Labute approximate surface area is 108 Å². The molecule has 0 bridgehead atoms. The van der Waals surface area contributed by atoms with E-state index in [0.29, 0.717) is 16.9 Å². The van der Waals surface area contributed by atoms with E-state index in [0.717, 1.165) is 6.07 Å². The first-order valence-corrected chi connectivity index (χ1v) is 5.50. The van der Waals surface area contributed by atoms with E-state index in [9.17, 15) is 14.3 Å². The van der Waals surface area contributed by atoms with Crippen molar-refractivity contribution in [3.05, 3.63) is 48.3 Å². The van der Waals surface area contributed by atoms with E-state index in [1.54, 1.807) is 24.3 Å². The predicted octanol–water partition coefficient (Wildman–Crippen LogP) is 2.66. The van der Waals surface area contributed by atoms with Gasteiger partial charge in [-0.2, -0.15) is 0 Å². The standard InChI is InChI=1S/C14H11FO4/c15-9-5-6-10(12(16)7-9)11-3-1-2-4-13(11)19-8-14(17)18/h1-7,16H,8H2,(H,17,18). The number of carbonyl (C=O) groups is 1. The van der Waals surface area contributed by atoms with Crippen LogP contribution in [0.15, 0.2) is 42.5 Å². The van der Waals surface area contributed by atoms with Gasteiger partial charge < -0.3 is 14.9 Å². The zero-order chi connectivity index (χ0) is 13.8. The van der Waals surface area contributed by atoms with Gasteiger partial charge in [-0.05, 0) is 18.2 Å². The maximum absolute atomic E-state index is 12.9. The average molecular weight is 262 g/mol. The highest BCUT2D eigenvalue weighted by Crippen LogP contribution is 2.35. The monoisotopic (exact) mass is 262 g/mol. The minimum absolute atomic E-state index is 0.230. The molecule has 19 heavy (non-hydrogen) atoms. The fourth-order valence-electron chi connectivity index (χ4n) is 1.69. The summed E-state index contributed by atoms with van der Waals surface area (Å²) in [5.74, 6) is -1.57. The number of hydrogen-bond acceptors (Lipinski definition) is 3. The van der Waals surface area contributed by atoms with Gasteiger partial charge in [0.15, 0.2) is 6.61 Å². The lowest BCUT2D eigenvalue weighted by atomic mass is 10.0. The highest BCUT2D eigenvalue weighted by atomic mass is 19.1. The van der Waals surface area contributed by atoms with Gasteiger partial charge in [-0.3, -0.25) is 0 Å². The molecular weight excluding hydrogens is 251 g/mol. The van der Waals surface area contributed by atoms with E-state index < -0.39 is 18.4 Å². The van der Waals surface area contributed by atoms with Crippen molar-refractivity contribution in [3.63, 3.8) is 0 Å². The van der Waals surface area contributed by atoms with Crippen molar-refractivity contribution < 1.29 is 24.1 Å². The summed E-state index contributed by atoms with van der Waals surface area (Å²) < 4.78 is 18.1.